The van der Waals surface area contributed by atoms with E-state index in [9.17, 15) is 33.4 Å². The van der Waals surface area contributed by atoms with Crippen molar-refractivity contribution in [2.45, 2.75) is 35.1 Å². The van der Waals surface area contributed by atoms with Gasteiger partial charge in [0, 0.05) is 40.8 Å². The maximum atomic E-state index is 14.2. The number of nitro groups is 2. The highest BCUT2D eigenvalue weighted by molar-refractivity contribution is 7.91. The van der Waals surface area contributed by atoms with Crippen LogP contribution in [0.15, 0.2) is 118 Å². The summed E-state index contributed by atoms with van der Waals surface area (Å²) >= 11 is 5.94. The summed E-state index contributed by atoms with van der Waals surface area (Å²) in [4.78, 5) is 35.6. The number of halogens is 1. The van der Waals surface area contributed by atoms with E-state index in [1.807, 2.05) is 6.08 Å². The number of benzene rings is 4. The van der Waals surface area contributed by atoms with E-state index < -0.39 is 31.6 Å². The van der Waals surface area contributed by atoms with Crippen LogP contribution in [0.25, 0.3) is 6.08 Å². The van der Waals surface area contributed by atoms with Crippen molar-refractivity contribution in [1.82, 2.24) is 5.01 Å². The largest absolute Gasteiger partial charge is 0.274 e. The van der Waals surface area contributed by atoms with Crippen molar-refractivity contribution in [2.24, 2.45) is 11.0 Å². The molecule has 0 aromatic heterocycles. The number of nitrogens with zero attached hydrogens (tertiary/aromatic N) is 4. The first kappa shape index (κ1) is 30.8. The molecule has 46 heavy (non-hydrogen) atoms. The predicted molar refractivity (Wildman–Crippen MR) is 171 cm³/mol. The third-order valence-corrected chi connectivity index (χ3v) is 10.1. The lowest BCUT2D eigenvalue weighted by molar-refractivity contribution is -0.385. The van der Waals surface area contributed by atoms with Crippen LogP contribution in [-0.4, -0.2) is 34.9 Å². The van der Waals surface area contributed by atoms with Crippen LogP contribution in [0.1, 0.15) is 46.8 Å². The highest BCUT2D eigenvalue weighted by Gasteiger charge is 2.44. The molecular formula is C33H25ClN4O7S. The quantitative estimate of drug-likeness (QED) is 0.148. The number of rotatable bonds is 7. The van der Waals surface area contributed by atoms with Gasteiger partial charge in [-0.05, 0) is 96.6 Å². The number of allylic oxidation sites excluding steroid dienone is 1. The number of hydrazone groups is 1. The lowest BCUT2D eigenvalue weighted by atomic mass is 9.77. The van der Waals surface area contributed by atoms with E-state index >= 15 is 0 Å². The van der Waals surface area contributed by atoms with Crippen molar-refractivity contribution in [3.63, 3.8) is 0 Å². The van der Waals surface area contributed by atoms with Crippen LogP contribution >= 0.6 is 11.6 Å². The Bertz CT molecular complexity index is 2030. The average molecular weight is 657 g/mol. The molecule has 1 fully saturated rings. The Balaban J connectivity index is 1.40. The van der Waals surface area contributed by atoms with Gasteiger partial charge in [0.2, 0.25) is 9.84 Å². The highest BCUT2D eigenvalue weighted by Crippen LogP contribution is 2.45. The molecule has 1 heterocycles. The number of hydrogen-bond acceptors (Lipinski definition) is 8. The van der Waals surface area contributed by atoms with Gasteiger partial charge in [-0.25, -0.2) is 13.4 Å². The van der Waals surface area contributed by atoms with Crippen molar-refractivity contribution in [1.29, 1.82) is 0 Å². The molecule has 0 N–H and O–H groups in total. The van der Waals surface area contributed by atoms with Gasteiger partial charge in [0.05, 0.1) is 31.4 Å². The smallest absolute Gasteiger partial charge is 0.267 e. The number of amides is 1. The third kappa shape index (κ3) is 5.92. The summed E-state index contributed by atoms with van der Waals surface area (Å²) in [7, 11) is -3.97. The maximum absolute atomic E-state index is 14.2. The van der Waals surface area contributed by atoms with Gasteiger partial charge in [-0.3, -0.25) is 25.0 Å². The Labute approximate surface area is 268 Å². The molecule has 13 heteroatoms. The number of carbonyl (C=O) groups excluding carboxylic acids is 1. The SMILES string of the molecule is O=C(c1cccc(S(=O)(=O)c2ccc(Cl)cc2)c1)N1N=C2/C(=C\c3ccc([N+](=O)[O-])cc3)CCCC2C1c1ccc([N+](=O)[O-])cc1. The second-order valence-electron chi connectivity index (χ2n) is 10.9. The molecule has 0 radical (unpaired) electrons. The first-order valence-corrected chi connectivity index (χ1v) is 16.1. The Kier molecular flexibility index (Phi) is 8.24. The molecule has 11 nitrogen and oxygen atoms in total. The molecule has 6 rings (SSSR count). The van der Waals surface area contributed by atoms with Crippen LogP contribution < -0.4 is 0 Å². The molecule has 0 saturated heterocycles. The first-order chi connectivity index (χ1) is 22.0. The summed E-state index contributed by atoms with van der Waals surface area (Å²) in [6, 6.07) is 23.0. The van der Waals surface area contributed by atoms with Gasteiger partial charge in [0.25, 0.3) is 17.3 Å². The zero-order valence-electron chi connectivity index (χ0n) is 24.0. The zero-order valence-corrected chi connectivity index (χ0v) is 25.6. The molecule has 2 aliphatic rings. The van der Waals surface area contributed by atoms with Crippen LogP contribution in [0.2, 0.25) is 5.02 Å². The van der Waals surface area contributed by atoms with Gasteiger partial charge in [-0.2, -0.15) is 5.10 Å². The van der Waals surface area contributed by atoms with Gasteiger partial charge >= 0.3 is 0 Å². The van der Waals surface area contributed by atoms with E-state index in [2.05, 4.69) is 0 Å². The van der Waals surface area contributed by atoms with Crippen LogP contribution in [0.3, 0.4) is 0 Å². The fraction of sp³-hybridized carbons (Fsp3) is 0.152. The Morgan fingerprint density at radius 2 is 1.50 bits per heavy atom. The Morgan fingerprint density at radius 1 is 0.870 bits per heavy atom. The van der Waals surface area contributed by atoms with E-state index in [1.165, 1.54) is 77.8 Å². The monoisotopic (exact) mass is 656 g/mol. The second-order valence-corrected chi connectivity index (χ2v) is 13.3. The molecule has 1 saturated carbocycles. The summed E-state index contributed by atoms with van der Waals surface area (Å²) in [5.41, 5.74) is 2.90. The van der Waals surface area contributed by atoms with E-state index in [1.54, 1.807) is 24.3 Å². The summed E-state index contributed by atoms with van der Waals surface area (Å²) in [6.07, 6.45) is 4.03. The van der Waals surface area contributed by atoms with Crippen LogP contribution in [-0.2, 0) is 9.84 Å². The molecule has 0 bridgehead atoms. The van der Waals surface area contributed by atoms with E-state index in [-0.39, 0.29) is 32.6 Å². The minimum Gasteiger partial charge on any atom is -0.267 e. The summed E-state index contributed by atoms with van der Waals surface area (Å²) in [5, 5.41) is 29.0. The van der Waals surface area contributed by atoms with Gasteiger partial charge in [-0.15, -0.1) is 0 Å². The van der Waals surface area contributed by atoms with Crippen molar-refractivity contribution >= 4 is 50.5 Å². The van der Waals surface area contributed by atoms with E-state index in [4.69, 9.17) is 16.7 Å². The number of sulfone groups is 1. The molecule has 2 atom stereocenters. The normalized spacial score (nSPS) is 18.6. The highest BCUT2D eigenvalue weighted by atomic mass is 35.5. The lowest BCUT2D eigenvalue weighted by Gasteiger charge is -2.29. The fourth-order valence-electron chi connectivity index (χ4n) is 5.87. The summed E-state index contributed by atoms with van der Waals surface area (Å²) in [5.74, 6) is -0.780. The number of nitro benzene ring substituents is 2. The number of non-ortho nitro benzene ring substituents is 2. The summed E-state index contributed by atoms with van der Waals surface area (Å²) in [6.45, 7) is 0. The van der Waals surface area contributed by atoms with Crippen molar-refractivity contribution in [2.75, 3.05) is 0 Å². The van der Waals surface area contributed by atoms with E-state index in [0.29, 0.717) is 29.1 Å². The van der Waals surface area contributed by atoms with Crippen molar-refractivity contribution < 1.29 is 23.1 Å². The van der Waals surface area contributed by atoms with Gasteiger partial charge in [-0.1, -0.05) is 29.8 Å². The molecule has 1 amide bonds. The number of hydrogen-bond donors (Lipinski definition) is 0. The van der Waals surface area contributed by atoms with Gasteiger partial charge in [0.15, 0.2) is 0 Å². The summed E-state index contributed by atoms with van der Waals surface area (Å²) < 4.78 is 26.8. The molecule has 0 spiro atoms. The molecule has 1 aliphatic carbocycles. The molecule has 232 valence electrons. The van der Waals surface area contributed by atoms with Crippen LogP contribution in [0.5, 0.6) is 0 Å². The minimum absolute atomic E-state index is 0.0266. The molecule has 4 aromatic rings. The number of carbonyl (C=O) groups is 1. The minimum atomic E-state index is -3.97. The van der Waals surface area contributed by atoms with Crippen molar-refractivity contribution in [3.05, 3.63) is 145 Å². The Morgan fingerprint density at radius 3 is 2.13 bits per heavy atom. The van der Waals surface area contributed by atoms with Gasteiger partial charge < -0.3 is 0 Å². The standard InChI is InChI=1S/C33H25ClN4O7S/c34-25-11-17-28(18-12-25)46(44,45)29-5-1-4-24(20-29)33(39)36-32(22-9-15-27(16-10-22)38(42)43)30-6-2-3-23(31(30)35-36)19-21-7-13-26(14-8-21)37(40)41/h1,4-5,7-20,30,32H,2-3,6H2/b23-19-. The van der Waals surface area contributed by atoms with Gasteiger partial charge in [0.1, 0.15) is 0 Å². The molecular weight excluding hydrogens is 632 g/mol. The molecule has 1 aliphatic heterocycles. The third-order valence-electron chi connectivity index (χ3n) is 8.12. The second kappa shape index (κ2) is 12.3. The van der Waals surface area contributed by atoms with Crippen LogP contribution in [0.4, 0.5) is 11.4 Å². The lowest BCUT2D eigenvalue weighted by Crippen LogP contribution is -2.32. The van der Waals surface area contributed by atoms with Crippen molar-refractivity contribution in [3.8, 4) is 0 Å². The fourth-order valence-corrected chi connectivity index (χ4v) is 7.30. The zero-order chi connectivity index (χ0) is 32.6. The first-order valence-electron chi connectivity index (χ1n) is 14.3. The molecule has 2 unspecified atom stereocenters. The topological polar surface area (TPSA) is 153 Å². The Hall–Kier alpha value is -5.20. The number of fused-ring (bicyclic) bond motifs is 1. The predicted octanol–water partition coefficient (Wildman–Crippen LogP) is 7.43. The maximum Gasteiger partial charge on any atom is 0.274 e. The van der Waals surface area contributed by atoms with E-state index in [0.717, 1.165) is 17.6 Å². The average Bonchev–Trinajstić information content (AvgIpc) is 3.45. The molecule has 4 aromatic carbocycles. The van der Waals surface area contributed by atoms with Crippen LogP contribution in [0, 0.1) is 26.1 Å².